The Morgan fingerprint density at radius 1 is 1.04 bits per heavy atom. The third kappa shape index (κ3) is 3.53. The first-order valence-corrected chi connectivity index (χ1v) is 8.68. The summed E-state index contributed by atoms with van der Waals surface area (Å²) >= 11 is 0. The molecule has 130 valence electrons. The van der Waals surface area contributed by atoms with E-state index in [0.717, 1.165) is 25.7 Å². The van der Waals surface area contributed by atoms with Gasteiger partial charge in [-0.25, -0.2) is 0 Å². The Morgan fingerprint density at radius 3 is 2.38 bits per heavy atom. The maximum Gasteiger partial charge on any atom is 0.257 e. The van der Waals surface area contributed by atoms with E-state index in [1.165, 1.54) is 6.07 Å². The Labute approximate surface area is 142 Å². The third-order valence-electron chi connectivity index (χ3n) is 5.08. The Hall–Kier alpha value is -2.08. The van der Waals surface area contributed by atoms with Gasteiger partial charge in [0, 0.05) is 38.1 Å². The predicted octanol–water partition coefficient (Wildman–Crippen LogP) is 1.19. The molecule has 0 bridgehead atoms. The molecule has 0 aromatic heterocycles. The van der Waals surface area contributed by atoms with E-state index in [-0.39, 0.29) is 29.5 Å². The van der Waals surface area contributed by atoms with Gasteiger partial charge in [-0.1, -0.05) is 18.6 Å². The molecule has 2 fully saturated rings. The predicted molar refractivity (Wildman–Crippen MR) is 90.5 cm³/mol. The van der Waals surface area contributed by atoms with Crippen molar-refractivity contribution >= 4 is 11.8 Å². The van der Waals surface area contributed by atoms with Crippen molar-refractivity contribution in [1.29, 1.82) is 0 Å². The minimum Gasteiger partial charge on any atom is -0.507 e. The molecule has 2 atom stereocenters. The van der Waals surface area contributed by atoms with Crippen LogP contribution in [0.1, 0.15) is 36.0 Å². The van der Waals surface area contributed by atoms with Crippen molar-refractivity contribution in [1.82, 2.24) is 9.80 Å². The summed E-state index contributed by atoms with van der Waals surface area (Å²) in [6.07, 6.45) is 3.72. The standard InChI is InChI=1S/C18H25N3O3/c19-14-5-3-4-13(12-14)17(23)20-8-10-21(11-9-20)18(24)15-6-1-2-7-16(15)22/h1-2,6-7,13-14,22H,3-5,8-12,19H2. The zero-order valence-electron chi connectivity index (χ0n) is 13.9. The second kappa shape index (κ2) is 7.21. The number of hydrogen-bond acceptors (Lipinski definition) is 4. The lowest BCUT2D eigenvalue weighted by molar-refractivity contribution is -0.138. The van der Waals surface area contributed by atoms with Gasteiger partial charge in [0.1, 0.15) is 5.75 Å². The quantitative estimate of drug-likeness (QED) is 0.852. The monoisotopic (exact) mass is 331 g/mol. The molecule has 2 aliphatic rings. The van der Waals surface area contributed by atoms with E-state index in [4.69, 9.17) is 5.73 Å². The number of rotatable bonds is 2. The molecule has 0 radical (unpaired) electrons. The van der Waals surface area contributed by atoms with E-state index >= 15 is 0 Å². The summed E-state index contributed by atoms with van der Waals surface area (Å²) in [5, 5.41) is 9.82. The fraction of sp³-hybridized carbons (Fsp3) is 0.556. The van der Waals surface area contributed by atoms with Crippen LogP contribution in [0.4, 0.5) is 0 Å². The second-order valence-corrected chi connectivity index (χ2v) is 6.76. The molecule has 0 spiro atoms. The smallest absolute Gasteiger partial charge is 0.257 e. The lowest BCUT2D eigenvalue weighted by Gasteiger charge is -2.37. The molecule has 1 heterocycles. The number of para-hydroxylation sites is 1. The number of phenolic OH excluding ortho intramolecular Hbond substituents is 1. The van der Waals surface area contributed by atoms with Crippen LogP contribution in [0.25, 0.3) is 0 Å². The topological polar surface area (TPSA) is 86.9 Å². The largest absolute Gasteiger partial charge is 0.507 e. The van der Waals surface area contributed by atoms with Crippen LogP contribution in [0.5, 0.6) is 5.75 Å². The minimum absolute atomic E-state index is 0.00259. The Bertz CT molecular complexity index is 611. The average Bonchev–Trinajstić information content (AvgIpc) is 2.61. The zero-order valence-corrected chi connectivity index (χ0v) is 13.9. The van der Waals surface area contributed by atoms with Crippen LogP contribution in [-0.2, 0) is 4.79 Å². The third-order valence-corrected chi connectivity index (χ3v) is 5.08. The summed E-state index contributed by atoms with van der Waals surface area (Å²) in [7, 11) is 0. The first-order valence-electron chi connectivity index (χ1n) is 8.68. The van der Waals surface area contributed by atoms with E-state index < -0.39 is 0 Å². The van der Waals surface area contributed by atoms with Gasteiger partial charge in [-0.2, -0.15) is 0 Å². The van der Waals surface area contributed by atoms with E-state index in [2.05, 4.69) is 0 Å². The highest BCUT2D eigenvalue weighted by atomic mass is 16.3. The minimum atomic E-state index is -0.181. The van der Waals surface area contributed by atoms with Gasteiger partial charge in [-0.3, -0.25) is 9.59 Å². The molecule has 24 heavy (non-hydrogen) atoms. The molecule has 3 N–H and O–H groups in total. The fourth-order valence-corrected chi connectivity index (χ4v) is 3.66. The van der Waals surface area contributed by atoms with E-state index in [9.17, 15) is 14.7 Å². The summed E-state index contributed by atoms with van der Waals surface area (Å²) in [6.45, 7) is 2.09. The van der Waals surface area contributed by atoms with Crippen LogP contribution in [0, 0.1) is 5.92 Å². The van der Waals surface area contributed by atoms with Gasteiger partial charge in [0.05, 0.1) is 5.56 Å². The van der Waals surface area contributed by atoms with Gasteiger partial charge >= 0.3 is 0 Å². The van der Waals surface area contributed by atoms with Gasteiger partial charge < -0.3 is 20.6 Å². The number of amides is 2. The van der Waals surface area contributed by atoms with Crippen LogP contribution in [-0.4, -0.2) is 58.9 Å². The average molecular weight is 331 g/mol. The maximum atomic E-state index is 12.6. The number of phenols is 1. The molecule has 2 amide bonds. The van der Waals surface area contributed by atoms with Crippen LogP contribution in [0.2, 0.25) is 0 Å². The lowest BCUT2D eigenvalue weighted by Crippen LogP contribution is -2.52. The van der Waals surface area contributed by atoms with Crippen molar-refractivity contribution in [3.63, 3.8) is 0 Å². The summed E-state index contributed by atoms with van der Waals surface area (Å²) in [5.74, 6) is 0.0334. The number of hydrogen-bond donors (Lipinski definition) is 2. The van der Waals surface area contributed by atoms with E-state index in [1.54, 1.807) is 23.1 Å². The highest BCUT2D eigenvalue weighted by molar-refractivity contribution is 5.97. The fourth-order valence-electron chi connectivity index (χ4n) is 3.66. The number of aromatic hydroxyl groups is 1. The van der Waals surface area contributed by atoms with Crippen molar-refractivity contribution in [2.75, 3.05) is 26.2 Å². The normalized spacial score (nSPS) is 24.7. The SMILES string of the molecule is NC1CCCC(C(=O)N2CCN(C(=O)c3ccccc3O)CC2)C1. The van der Waals surface area contributed by atoms with Gasteiger partial charge in [0.2, 0.25) is 5.91 Å². The lowest BCUT2D eigenvalue weighted by atomic mass is 9.85. The number of carbonyl (C=O) groups excluding carboxylic acids is 2. The highest BCUT2D eigenvalue weighted by Crippen LogP contribution is 2.26. The highest BCUT2D eigenvalue weighted by Gasteiger charge is 2.32. The van der Waals surface area contributed by atoms with Crippen molar-refractivity contribution in [3.05, 3.63) is 29.8 Å². The molecule has 1 aliphatic carbocycles. The summed E-state index contributed by atoms with van der Waals surface area (Å²) in [6, 6.07) is 6.70. The summed E-state index contributed by atoms with van der Waals surface area (Å²) in [4.78, 5) is 28.7. The molecule has 6 heteroatoms. The van der Waals surface area contributed by atoms with Gasteiger partial charge in [0.15, 0.2) is 0 Å². The number of nitrogens with two attached hydrogens (primary N) is 1. The molecule has 1 aromatic rings. The van der Waals surface area contributed by atoms with Gasteiger partial charge in [-0.05, 0) is 31.4 Å². The maximum absolute atomic E-state index is 12.6. The molecule has 2 unspecified atom stereocenters. The van der Waals surface area contributed by atoms with Crippen molar-refractivity contribution in [3.8, 4) is 5.75 Å². The second-order valence-electron chi connectivity index (χ2n) is 6.76. The van der Waals surface area contributed by atoms with Gasteiger partial charge in [-0.15, -0.1) is 0 Å². The number of piperazine rings is 1. The van der Waals surface area contributed by atoms with E-state index in [0.29, 0.717) is 31.7 Å². The Kier molecular flexibility index (Phi) is 5.04. The van der Waals surface area contributed by atoms with Crippen LogP contribution in [0.3, 0.4) is 0 Å². The molecule has 6 nitrogen and oxygen atoms in total. The van der Waals surface area contributed by atoms with Crippen LogP contribution < -0.4 is 5.73 Å². The zero-order chi connectivity index (χ0) is 17.1. The van der Waals surface area contributed by atoms with Crippen molar-refractivity contribution < 1.29 is 14.7 Å². The Balaban J connectivity index is 1.56. The Morgan fingerprint density at radius 2 is 1.71 bits per heavy atom. The molecule has 1 saturated heterocycles. The molecule has 1 aliphatic heterocycles. The first kappa shape index (κ1) is 16.8. The molecular weight excluding hydrogens is 306 g/mol. The molecule has 3 rings (SSSR count). The van der Waals surface area contributed by atoms with Gasteiger partial charge in [0.25, 0.3) is 5.91 Å². The van der Waals surface area contributed by atoms with Crippen LogP contribution >= 0.6 is 0 Å². The molecule has 1 aromatic carbocycles. The first-order chi connectivity index (χ1) is 11.6. The van der Waals surface area contributed by atoms with Crippen molar-refractivity contribution in [2.45, 2.75) is 31.7 Å². The molecular formula is C18H25N3O3. The molecule has 1 saturated carbocycles. The summed E-state index contributed by atoms with van der Waals surface area (Å²) < 4.78 is 0. The van der Waals surface area contributed by atoms with Crippen molar-refractivity contribution in [2.24, 2.45) is 11.7 Å². The van der Waals surface area contributed by atoms with Crippen LogP contribution in [0.15, 0.2) is 24.3 Å². The number of carbonyl (C=O) groups is 2. The number of benzene rings is 1. The number of nitrogens with zero attached hydrogens (tertiary/aromatic N) is 2. The summed E-state index contributed by atoms with van der Waals surface area (Å²) in [5.41, 5.74) is 6.30. The van der Waals surface area contributed by atoms with E-state index in [1.807, 2.05) is 4.90 Å².